The molecule has 6 heteroatoms. The second kappa shape index (κ2) is 6.37. The lowest BCUT2D eigenvalue weighted by Crippen LogP contribution is -2.36. The summed E-state index contributed by atoms with van der Waals surface area (Å²) in [5.41, 5.74) is 0. The molecule has 0 radical (unpaired) electrons. The molecule has 2 atom stereocenters. The van der Waals surface area contributed by atoms with Crippen molar-refractivity contribution >= 4 is 23.6 Å². The van der Waals surface area contributed by atoms with Crippen molar-refractivity contribution in [3.63, 3.8) is 0 Å². The molecule has 6 nitrogen and oxygen atoms in total. The molecule has 1 aliphatic heterocycles. The number of carbonyl (C=O) groups is 4. The molecule has 0 N–H and O–H groups in total. The minimum absolute atomic E-state index is 0.00162. The molecule has 0 spiro atoms. The van der Waals surface area contributed by atoms with Crippen molar-refractivity contribution in [2.45, 2.75) is 39.5 Å². The lowest BCUT2D eigenvalue weighted by Gasteiger charge is -2.15. The van der Waals surface area contributed by atoms with Crippen molar-refractivity contribution in [3.05, 3.63) is 0 Å². The van der Waals surface area contributed by atoms with Gasteiger partial charge in [-0.3, -0.25) is 24.1 Å². The summed E-state index contributed by atoms with van der Waals surface area (Å²) in [6.07, 6.45) is 1.44. The molecule has 21 heavy (non-hydrogen) atoms. The number of rotatable bonds is 6. The van der Waals surface area contributed by atoms with E-state index in [-0.39, 0.29) is 55.4 Å². The summed E-state index contributed by atoms with van der Waals surface area (Å²) < 4.78 is 4.74. The van der Waals surface area contributed by atoms with Crippen LogP contribution in [0.4, 0.5) is 0 Å². The van der Waals surface area contributed by atoms with Crippen molar-refractivity contribution in [1.29, 1.82) is 0 Å². The fourth-order valence-electron chi connectivity index (χ4n) is 3.23. The lowest BCUT2D eigenvalue weighted by atomic mass is 10.00. The van der Waals surface area contributed by atoms with E-state index in [9.17, 15) is 19.2 Å². The van der Waals surface area contributed by atoms with Crippen molar-refractivity contribution in [2.24, 2.45) is 17.8 Å². The molecule has 2 aliphatic rings. The number of amides is 2. The fourth-order valence-corrected chi connectivity index (χ4v) is 3.23. The van der Waals surface area contributed by atoms with Crippen LogP contribution in [-0.2, 0) is 23.9 Å². The van der Waals surface area contributed by atoms with E-state index in [4.69, 9.17) is 4.74 Å². The third kappa shape index (κ3) is 3.31. The Morgan fingerprint density at radius 3 is 2.24 bits per heavy atom. The highest BCUT2D eigenvalue weighted by molar-refractivity contribution is 6.07. The Kier molecular flexibility index (Phi) is 4.75. The first-order chi connectivity index (χ1) is 9.93. The minimum atomic E-state index is -0.435. The molecular weight excluding hydrogens is 274 g/mol. The van der Waals surface area contributed by atoms with Gasteiger partial charge in [0.05, 0.1) is 31.4 Å². The van der Waals surface area contributed by atoms with Crippen LogP contribution in [0.25, 0.3) is 0 Å². The topological polar surface area (TPSA) is 80.8 Å². The molecule has 2 fully saturated rings. The predicted octanol–water partition coefficient (Wildman–Crippen LogP) is 0.930. The van der Waals surface area contributed by atoms with Gasteiger partial charge in [-0.15, -0.1) is 0 Å². The smallest absolute Gasteiger partial charge is 0.306 e. The number of hydrogen-bond acceptors (Lipinski definition) is 5. The molecule has 2 amide bonds. The van der Waals surface area contributed by atoms with Gasteiger partial charge in [-0.1, -0.05) is 6.92 Å². The Bertz CT molecular complexity index is 449. The molecule has 1 heterocycles. The number of likely N-dealkylation sites (tertiary alicyclic amines) is 1. The number of Topliss-reactive ketones (excluding diaryl/α,β-unsaturated/α-hetero) is 1. The van der Waals surface area contributed by atoms with Crippen molar-refractivity contribution in [2.75, 3.05) is 13.2 Å². The van der Waals surface area contributed by atoms with Gasteiger partial charge in [0, 0.05) is 6.42 Å². The van der Waals surface area contributed by atoms with Crippen LogP contribution in [0.15, 0.2) is 0 Å². The molecular formula is C15H21NO5. The average Bonchev–Trinajstić information content (AvgIpc) is 2.91. The molecule has 0 aromatic heterocycles. The molecule has 0 bridgehead atoms. The summed E-state index contributed by atoms with van der Waals surface area (Å²) in [6.45, 7) is 3.80. The van der Waals surface area contributed by atoms with Crippen molar-refractivity contribution < 1.29 is 23.9 Å². The first-order valence-electron chi connectivity index (χ1n) is 7.46. The number of ether oxygens (including phenoxy) is 1. The van der Waals surface area contributed by atoms with E-state index in [0.29, 0.717) is 5.92 Å². The summed E-state index contributed by atoms with van der Waals surface area (Å²) in [5, 5.41) is 0. The first kappa shape index (κ1) is 15.7. The molecule has 0 aromatic carbocycles. The van der Waals surface area contributed by atoms with Gasteiger partial charge < -0.3 is 4.74 Å². The first-order valence-corrected chi connectivity index (χ1v) is 7.46. The summed E-state index contributed by atoms with van der Waals surface area (Å²) >= 11 is 0. The fraction of sp³-hybridized carbons (Fsp3) is 0.733. The van der Waals surface area contributed by atoms with Gasteiger partial charge in [-0.05, 0) is 25.7 Å². The molecule has 1 saturated carbocycles. The third-order valence-corrected chi connectivity index (χ3v) is 4.21. The van der Waals surface area contributed by atoms with Crippen LogP contribution in [0.3, 0.4) is 0 Å². The Morgan fingerprint density at radius 1 is 1.14 bits per heavy atom. The van der Waals surface area contributed by atoms with E-state index in [1.807, 2.05) is 6.92 Å². The van der Waals surface area contributed by atoms with E-state index in [0.717, 1.165) is 17.7 Å². The standard InChI is InChI=1S/C15H21NO5/c1-3-21-13(18)5-4-10(17)8-16-14(19)11-6-9(2)7-12(11)15(16)20/h9,11-12H,3-8H2,1-2H3. The maximum atomic E-state index is 12.2. The van der Waals surface area contributed by atoms with E-state index in [1.54, 1.807) is 6.92 Å². The Labute approximate surface area is 123 Å². The number of hydrogen-bond donors (Lipinski definition) is 0. The monoisotopic (exact) mass is 295 g/mol. The van der Waals surface area contributed by atoms with Gasteiger partial charge in [0.25, 0.3) is 0 Å². The van der Waals surface area contributed by atoms with Gasteiger partial charge in [-0.2, -0.15) is 0 Å². The third-order valence-electron chi connectivity index (χ3n) is 4.21. The highest BCUT2D eigenvalue weighted by atomic mass is 16.5. The normalized spacial score (nSPS) is 27.9. The maximum Gasteiger partial charge on any atom is 0.306 e. The Morgan fingerprint density at radius 2 is 1.71 bits per heavy atom. The quantitative estimate of drug-likeness (QED) is 0.538. The highest BCUT2D eigenvalue weighted by Crippen LogP contribution is 2.42. The molecule has 1 saturated heterocycles. The molecule has 2 unspecified atom stereocenters. The van der Waals surface area contributed by atoms with Gasteiger partial charge in [-0.25, -0.2) is 0 Å². The summed E-state index contributed by atoms with van der Waals surface area (Å²) in [7, 11) is 0. The summed E-state index contributed by atoms with van der Waals surface area (Å²) in [5.74, 6) is -1.27. The molecule has 0 aromatic rings. The minimum Gasteiger partial charge on any atom is -0.466 e. The maximum absolute atomic E-state index is 12.2. The number of ketones is 1. The molecule has 116 valence electrons. The zero-order valence-corrected chi connectivity index (χ0v) is 12.5. The largest absolute Gasteiger partial charge is 0.466 e. The second-order valence-electron chi connectivity index (χ2n) is 5.90. The van der Waals surface area contributed by atoms with Crippen LogP contribution in [0, 0.1) is 17.8 Å². The van der Waals surface area contributed by atoms with Crippen molar-refractivity contribution in [1.82, 2.24) is 4.90 Å². The molecule has 2 rings (SSSR count). The van der Waals surface area contributed by atoms with Crippen LogP contribution < -0.4 is 0 Å². The van der Waals surface area contributed by atoms with E-state index < -0.39 is 5.97 Å². The second-order valence-corrected chi connectivity index (χ2v) is 5.90. The van der Waals surface area contributed by atoms with Crippen LogP contribution in [0.1, 0.15) is 39.5 Å². The van der Waals surface area contributed by atoms with E-state index in [2.05, 4.69) is 0 Å². The highest BCUT2D eigenvalue weighted by Gasteiger charge is 2.51. The SMILES string of the molecule is CCOC(=O)CCC(=O)CN1C(=O)C2CC(C)CC2C1=O. The number of fused-ring (bicyclic) bond motifs is 1. The van der Waals surface area contributed by atoms with Crippen LogP contribution in [0.2, 0.25) is 0 Å². The average molecular weight is 295 g/mol. The number of esters is 1. The summed E-state index contributed by atoms with van der Waals surface area (Å²) in [4.78, 5) is 48.5. The van der Waals surface area contributed by atoms with Gasteiger partial charge in [0.2, 0.25) is 11.8 Å². The Balaban J connectivity index is 1.86. The van der Waals surface area contributed by atoms with E-state index in [1.165, 1.54) is 0 Å². The summed E-state index contributed by atoms with van der Waals surface area (Å²) in [6, 6.07) is 0. The number of imide groups is 1. The lowest BCUT2D eigenvalue weighted by molar-refractivity contribution is -0.145. The van der Waals surface area contributed by atoms with Crippen LogP contribution in [0.5, 0.6) is 0 Å². The number of carbonyl (C=O) groups excluding carboxylic acids is 4. The van der Waals surface area contributed by atoms with Gasteiger partial charge >= 0.3 is 5.97 Å². The predicted molar refractivity (Wildman–Crippen MR) is 73.0 cm³/mol. The van der Waals surface area contributed by atoms with Gasteiger partial charge in [0.1, 0.15) is 0 Å². The Hall–Kier alpha value is -1.72. The number of nitrogens with zero attached hydrogens (tertiary/aromatic N) is 1. The van der Waals surface area contributed by atoms with E-state index >= 15 is 0 Å². The van der Waals surface area contributed by atoms with Crippen LogP contribution in [-0.4, -0.2) is 41.6 Å². The van der Waals surface area contributed by atoms with Gasteiger partial charge in [0.15, 0.2) is 5.78 Å². The van der Waals surface area contributed by atoms with Crippen molar-refractivity contribution in [3.8, 4) is 0 Å². The van der Waals surface area contributed by atoms with Crippen LogP contribution >= 0.6 is 0 Å². The molecule has 1 aliphatic carbocycles. The zero-order valence-electron chi connectivity index (χ0n) is 12.5. The zero-order chi connectivity index (χ0) is 15.6.